The number of rotatable bonds is 5. The molecular weight excluding hydrogens is 268 g/mol. The number of benzene rings is 1. The molecule has 0 atom stereocenters. The lowest BCUT2D eigenvalue weighted by Crippen LogP contribution is -2.06. The number of nitrogens with zero attached hydrogens (tertiary/aromatic N) is 2. The van der Waals surface area contributed by atoms with Crippen LogP contribution in [-0.4, -0.2) is 29.5 Å². The summed E-state index contributed by atoms with van der Waals surface area (Å²) < 4.78 is 11.9. The fourth-order valence-electron chi connectivity index (χ4n) is 2.07. The van der Waals surface area contributed by atoms with E-state index in [1.54, 1.807) is 10.7 Å². The van der Waals surface area contributed by atoms with Crippen molar-refractivity contribution in [1.82, 2.24) is 9.78 Å². The fraction of sp³-hybridized carbons (Fsp3) is 0.375. The van der Waals surface area contributed by atoms with Gasteiger partial charge in [-0.25, -0.2) is 9.48 Å². The van der Waals surface area contributed by atoms with E-state index >= 15 is 0 Å². The summed E-state index contributed by atoms with van der Waals surface area (Å²) in [5, 5.41) is 4.35. The lowest BCUT2D eigenvalue weighted by molar-refractivity contribution is 0.0593. The summed E-state index contributed by atoms with van der Waals surface area (Å²) in [5.41, 5.74) is 2.16. The van der Waals surface area contributed by atoms with Crippen LogP contribution in [0.25, 0.3) is 5.69 Å². The van der Waals surface area contributed by atoms with Crippen LogP contribution in [0.5, 0.6) is 5.75 Å². The smallest absolute Gasteiger partial charge is 0.358 e. The number of carbonyl (C=O) groups excluding carboxylic acids is 1. The largest absolute Gasteiger partial charge is 0.494 e. The van der Waals surface area contributed by atoms with E-state index in [9.17, 15) is 4.79 Å². The molecule has 1 aromatic carbocycles. The van der Waals surface area contributed by atoms with Gasteiger partial charge in [-0.2, -0.15) is 5.10 Å². The molecule has 0 spiro atoms. The first-order chi connectivity index (χ1) is 10.1. The van der Waals surface area contributed by atoms with E-state index in [4.69, 9.17) is 9.47 Å². The van der Waals surface area contributed by atoms with Crippen molar-refractivity contribution in [1.29, 1.82) is 0 Å². The molecule has 0 fully saturated rings. The molecule has 5 heteroatoms. The Hall–Kier alpha value is -2.30. The third kappa shape index (κ3) is 3.24. The van der Waals surface area contributed by atoms with Crippen molar-refractivity contribution >= 4 is 5.97 Å². The van der Waals surface area contributed by atoms with Gasteiger partial charge in [-0.1, -0.05) is 13.8 Å². The molecule has 21 heavy (non-hydrogen) atoms. The van der Waals surface area contributed by atoms with E-state index in [1.807, 2.05) is 31.2 Å². The van der Waals surface area contributed by atoms with Crippen LogP contribution < -0.4 is 4.74 Å². The minimum absolute atomic E-state index is 0.238. The molecule has 2 rings (SSSR count). The zero-order valence-electron chi connectivity index (χ0n) is 12.8. The summed E-state index contributed by atoms with van der Waals surface area (Å²) in [6.07, 6.45) is 0. The highest BCUT2D eigenvalue weighted by Crippen LogP contribution is 2.22. The first-order valence-corrected chi connectivity index (χ1v) is 6.98. The maximum atomic E-state index is 11.7. The van der Waals surface area contributed by atoms with E-state index in [1.165, 1.54) is 7.11 Å². The second-order valence-corrected chi connectivity index (χ2v) is 4.94. The SMILES string of the molecule is CCOc1ccc(-n2nc(C(=O)OC)cc2C(C)C)cc1. The molecule has 0 amide bonds. The summed E-state index contributed by atoms with van der Waals surface area (Å²) in [6.45, 7) is 6.69. The highest BCUT2D eigenvalue weighted by atomic mass is 16.5. The van der Waals surface area contributed by atoms with Crippen LogP contribution in [0.3, 0.4) is 0 Å². The Kier molecular flexibility index (Phi) is 4.62. The van der Waals surface area contributed by atoms with Gasteiger partial charge in [0, 0.05) is 5.69 Å². The van der Waals surface area contributed by atoms with E-state index in [-0.39, 0.29) is 5.92 Å². The van der Waals surface area contributed by atoms with E-state index < -0.39 is 5.97 Å². The third-order valence-corrected chi connectivity index (χ3v) is 3.12. The fourth-order valence-corrected chi connectivity index (χ4v) is 2.07. The van der Waals surface area contributed by atoms with E-state index in [0.717, 1.165) is 17.1 Å². The Bertz CT molecular complexity index is 615. The summed E-state index contributed by atoms with van der Waals surface area (Å²) in [4.78, 5) is 11.7. The molecule has 0 aliphatic carbocycles. The van der Waals surface area contributed by atoms with Gasteiger partial charge >= 0.3 is 5.97 Å². The molecule has 112 valence electrons. The van der Waals surface area contributed by atoms with E-state index in [0.29, 0.717) is 12.3 Å². The minimum atomic E-state index is -0.429. The average Bonchev–Trinajstić information content (AvgIpc) is 2.93. The Balaban J connectivity index is 2.41. The summed E-state index contributed by atoms with van der Waals surface area (Å²) in [7, 11) is 1.35. The Labute approximate surface area is 124 Å². The Morgan fingerprint density at radius 2 is 1.95 bits per heavy atom. The molecule has 0 bridgehead atoms. The van der Waals surface area contributed by atoms with Gasteiger partial charge in [0.05, 0.1) is 19.4 Å². The predicted molar refractivity (Wildman–Crippen MR) is 80.2 cm³/mol. The number of hydrogen-bond donors (Lipinski definition) is 0. The standard InChI is InChI=1S/C16H20N2O3/c1-5-21-13-8-6-12(7-9-13)18-15(11(2)3)10-14(17-18)16(19)20-4/h6-11H,5H2,1-4H3. The molecule has 0 saturated heterocycles. The number of aromatic nitrogens is 2. The third-order valence-electron chi connectivity index (χ3n) is 3.12. The number of esters is 1. The van der Waals surface area contributed by atoms with Crippen molar-refractivity contribution in [2.75, 3.05) is 13.7 Å². The van der Waals surface area contributed by atoms with Crippen molar-refractivity contribution < 1.29 is 14.3 Å². The van der Waals surface area contributed by atoms with Crippen LogP contribution in [0.4, 0.5) is 0 Å². The van der Waals surface area contributed by atoms with Crippen molar-refractivity contribution in [3.8, 4) is 11.4 Å². The van der Waals surface area contributed by atoms with Crippen molar-refractivity contribution in [3.05, 3.63) is 41.7 Å². The van der Waals surface area contributed by atoms with Crippen molar-refractivity contribution in [2.24, 2.45) is 0 Å². The van der Waals surface area contributed by atoms with Crippen LogP contribution in [0, 0.1) is 0 Å². The van der Waals surface area contributed by atoms with Gasteiger partial charge in [-0.15, -0.1) is 0 Å². The normalized spacial score (nSPS) is 10.7. The van der Waals surface area contributed by atoms with Gasteiger partial charge in [0.2, 0.25) is 0 Å². The summed E-state index contributed by atoms with van der Waals surface area (Å²) in [6, 6.07) is 9.40. The van der Waals surface area contributed by atoms with Crippen LogP contribution in [-0.2, 0) is 4.74 Å². The molecule has 2 aromatic rings. The van der Waals surface area contributed by atoms with Crippen LogP contribution in [0.1, 0.15) is 42.9 Å². The van der Waals surface area contributed by atoms with Crippen molar-refractivity contribution in [3.63, 3.8) is 0 Å². The zero-order chi connectivity index (χ0) is 15.4. The highest BCUT2D eigenvalue weighted by molar-refractivity contribution is 5.87. The quantitative estimate of drug-likeness (QED) is 0.793. The molecule has 0 radical (unpaired) electrons. The minimum Gasteiger partial charge on any atom is -0.494 e. The van der Waals surface area contributed by atoms with Gasteiger partial charge in [0.1, 0.15) is 5.75 Å². The highest BCUT2D eigenvalue weighted by Gasteiger charge is 2.17. The molecular formula is C16H20N2O3. The molecule has 0 aliphatic heterocycles. The number of hydrogen-bond acceptors (Lipinski definition) is 4. The second kappa shape index (κ2) is 6.43. The molecule has 0 N–H and O–H groups in total. The number of methoxy groups -OCH3 is 1. The second-order valence-electron chi connectivity index (χ2n) is 4.94. The van der Waals surface area contributed by atoms with E-state index in [2.05, 4.69) is 18.9 Å². The van der Waals surface area contributed by atoms with Crippen LogP contribution in [0.15, 0.2) is 30.3 Å². The van der Waals surface area contributed by atoms with Gasteiger partial charge in [0.25, 0.3) is 0 Å². The van der Waals surface area contributed by atoms with Gasteiger partial charge in [-0.3, -0.25) is 0 Å². The molecule has 1 heterocycles. The van der Waals surface area contributed by atoms with Crippen molar-refractivity contribution in [2.45, 2.75) is 26.7 Å². The first kappa shape index (κ1) is 15.1. The molecule has 0 saturated carbocycles. The van der Waals surface area contributed by atoms with Gasteiger partial charge < -0.3 is 9.47 Å². The molecule has 0 unspecified atom stereocenters. The van der Waals surface area contributed by atoms with Crippen LogP contribution >= 0.6 is 0 Å². The number of carbonyl (C=O) groups is 1. The Morgan fingerprint density at radius 1 is 1.29 bits per heavy atom. The maximum Gasteiger partial charge on any atom is 0.358 e. The van der Waals surface area contributed by atoms with Gasteiger partial charge in [-0.05, 0) is 43.2 Å². The topological polar surface area (TPSA) is 53.4 Å². The molecule has 5 nitrogen and oxygen atoms in total. The predicted octanol–water partition coefficient (Wildman–Crippen LogP) is 3.18. The number of ether oxygens (including phenoxy) is 2. The zero-order valence-corrected chi connectivity index (χ0v) is 12.8. The summed E-state index contributed by atoms with van der Waals surface area (Å²) >= 11 is 0. The lowest BCUT2D eigenvalue weighted by atomic mass is 10.1. The Morgan fingerprint density at radius 3 is 2.48 bits per heavy atom. The monoisotopic (exact) mass is 288 g/mol. The van der Waals surface area contributed by atoms with Crippen LogP contribution in [0.2, 0.25) is 0 Å². The first-order valence-electron chi connectivity index (χ1n) is 6.98. The van der Waals surface area contributed by atoms with Gasteiger partial charge in [0.15, 0.2) is 5.69 Å². The molecule has 1 aromatic heterocycles. The summed E-state index contributed by atoms with van der Waals surface area (Å²) in [5.74, 6) is 0.622. The molecule has 0 aliphatic rings. The lowest BCUT2D eigenvalue weighted by Gasteiger charge is -2.10. The average molecular weight is 288 g/mol. The maximum absolute atomic E-state index is 11.7.